The molecule has 7 heteroatoms. The van der Waals surface area contributed by atoms with Gasteiger partial charge in [0, 0.05) is 23.7 Å². The summed E-state index contributed by atoms with van der Waals surface area (Å²) in [5, 5.41) is 5.80. The maximum absolute atomic E-state index is 12.3. The van der Waals surface area contributed by atoms with Crippen molar-refractivity contribution < 1.29 is 23.9 Å². The average molecular weight is 410 g/mol. The van der Waals surface area contributed by atoms with Gasteiger partial charge in [-0.2, -0.15) is 0 Å². The lowest BCUT2D eigenvalue weighted by Crippen LogP contribution is -2.23. The average Bonchev–Trinajstić information content (AvgIpc) is 3.29. The van der Waals surface area contributed by atoms with Crippen LogP contribution in [0, 0.1) is 5.92 Å². The van der Waals surface area contributed by atoms with Crippen LogP contribution in [0.3, 0.4) is 0 Å². The topological polar surface area (TPSA) is 93.7 Å². The Morgan fingerprint density at radius 3 is 2.27 bits per heavy atom. The van der Waals surface area contributed by atoms with Gasteiger partial charge >= 0.3 is 6.16 Å². The number of hydrogen-bond donors (Lipinski definition) is 2. The highest BCUT2D eigenvalue weighted by molar-refractivity contribution is 5.94. The minimum Gasteiger partial charge on any atom is -0.434 e. The second kappa shape index (κ2) is 10.4. The molecular weight excluding hydrogens is 384 g/mol. The Bertz CT molecular complexity index is 871. The van der Waals surface area contributed by atoms with Crippen LogP contribution in [0.5, 0.6) is 5.75 Å². The van der Waals surface area contributed by atoms with Crippen molar-refractivity contribution in [2.45, 2.75) is 39.2 Å². The van der Waals surface area contributed by atoms with Crippen molar-refractivity contribution in [3.63, 3.8) is 0 Å². The van der Waals surface area contributed by atoms with Crippen molar-refractivity contribution in [1.29, 1.82) is 0 Å². The Morgan fingerprint density at radius 2 is 1.63 bits per heavy atom. The highest BCUT2D eigenvalue weighted by Crippen LogP contribution is 2.26. The molecule has 0 saturated heterocycles. The quantitative estimate of drug-likeness (QED) is 0.525. The number of ether oxygens (including phenoxy) is 2. The molecule has 2 amide bonds. The van der Waals surface area contributed by atoms with E-state index in [1.807, 2.05) is 24.3 Å². The molecule has 2 N–H and O–H groups in total. The fourth-order valence-electron chi connectivity index (χ4n) is 3.34. The van der Waals surface area contributed by atoms with E-state index in [9.17, 15) is 14.4 Å². The van der Waals surface area contributed by atoms with Gasteiger partial charge in [-0.05, 0) is 61.7 Å². The maximum Gasteiger partial charge on any atom is 0.513 e. The molecule has 0 heterocycles. The van der Waals surface area contributed by atoms with Crippen LogP contribution < -0.4 is 15.4 Å². The fourth-order valence-corrected chi connectivity index (χ4v) is 3.34. The third kappa shape index (κ3) is 6.07. The number of carbonyl (C=O) groups excluding carboxylic acids is 3. The predicted molar refractivity (Wildman–Crippen MR) is 112 cm³/mol. The summed E-state index contributed by atoms with van der Waals surface area (Å²) in [6.45, 7) is 2.28. The van der Waals surface area contributed by atoms with E-state index in [0.29, 0.717) is 17.9 Å². The molecule has 1 aliphatic carbocycles. The molecule has 1 saturated carbocycles. The number of nitrogens with one attached hydrogen (secondary N) is 2. The van der Waals surface area contributed by atoms with E-state index in [-0.39, 0.29) is 24.3 Å². The third-order valence-electron chi connectivity index (χ3n) is 4.98. The Labute approximate surface area is 175 Å². The van der Waals surface area contributed by atoms with Gasteiger partial charge in [0.2, 0.25) is 5.91 Å². The summed E-state index contributed by atoms with van der Waals surface area (Å²) in [5.74, 6) is 0.276. The second-order valence-electron chi connectivity index (χ2n) is 7.16. The van der Waals surface area contributed by atoms with Crippen LogP contribution in [-0.2, 0) is 16.1 Å². The molecule has 1 fully saturated rings. The van der Waals surface area contributed by atoms with Gasteiger partial charge in [0.1, 0.15) is 5.75 Å². The van der Waals surface area contributed by atoms with Gasteiger partial charge in [-0.25, -0.2) is 4.79 Å². The number of hydrogen-bond acceptors (Lipinski definition) is 5. The van der Waals surface area contributed by atoms with Crippen molar-refractivity contribution >= 4 is 23.7 Å². The standard InChI is InChI=1S/C23H26N2O5/c1-2-29-23(28)30-20-13-9-18(10-14-20)21(26)24-15-16-7-11-19(12-8-16)25-22(27)17-5-3-4-6-17/h7-14,17H,2-6,15H2,1H3,(H,24,26)(H,25,27). The Morgan fingerprint density at radius 1 is 0.967 bits per heavy atom. The summed E-state index contributed by atoms with van der Waals surface area (Å²) < 4.78 is 9.67. The first-order valence-electron chi connectivity index (χ1n) is 10.2. The molecule has 0 bridgehead atoms. The van der Waals surface area contributed by atoms with Crippen molar-refractivity contribution in [3.8, 4) is 5.75 Å². The number of rotatable bonds is 7. The maximum atomic E-state index is 12.3. The van der Waals surface area contributed by atoms with Crippen LogP contribution >= 0.6 is 0 Å². The van der Waals surface area contributed by atoms with Crippen molar-refractivity contribution in [3.05, 3.63) is 59.7 Å². The number of carbonyl (C=O) groups is 3. The van der Waals surface area contributed by atoms with Gasteiger partial charge in [0.25, 0.3) is 5.91 Å². The smallest absolute Gasteiger partial charge is 0.434 e. The van der Waals surface area contributed by atoms with E-state index in [0.717, 1.165) is 36.9 Å². The number of anilines is 1. The fraction of sp³-hybridized carbons (Fsp3) is 0.348. The van der Waals surface area contributed by atoms with E-state index >= 15 is 0 Å². The predicted octanol–water partition coefficient (Wildman–Crippen LogP) is 4.28. The number of amides is 2. The molecule has 158 valence electrons. The Balaban J connectivity index is 1.47. The molecule has 7 nitrogen and oxygen atoms in total. The highest BCUT2D eigenvalue weighted by Gasteiger charge is 2.22. The highest BCUT2D eigenvalue weighted by atomic mass is 16.7. The molecule has 2 aromatic rings. The molecule has 0 unspecified atom stereocenters. The molecule has 0 aromatic heterocycles. The van der Waals surface area contributed by atoms with Crippen molar-refractivity contribution in [2.24, 2.45) is 5.92 Å². The lowest BCUT2D eigenvalue weighted by molar-refractivity contribution is -0.119. The van der Waals surface area contributed by atoms with Crippen LogP contribution in [0.4, 0.5) is 10.5 Å². The SMILES string of the molecule is CCOC(=O)Oc1ccc(C(=O)NCc2ccc(NC(=O)C3CCCC3)cc2)cc1. The van der Waals surface area contributed by atoms with Gasteiger partial charge in [0.05, 0.1) is 6.61 Å². The molecule has 0 aliphatic heterocycles. The zero-order valence-corrected chi connectivity index (χ0v) is 17.0. The first-order valence-corrected chi connectivity index (χ1v) is 10.2. The summed E-state index contributed by atoms with van der Waals surface area (Å²) in [6, 6.07) is 13.7. The summed E-state index contributed by atoms with van der Waals surface area (Å²) >= 11 is 0. The third-order valence-corrected chi connectivity index (χ3v) is 4.98. The first-order chi connectivity index (χ1) is 14.5. The minimum absolute atomic E-state index is 0.0870. The molecule has 2 aromatic carbocycles. The molecule has 30 heavy (non-hydrogen) atoms. The summed E-state index contributed by atoms with van der Waals surface area (Å²) in [7, 11) is 0. The molecular formula is C23H26N2O5. The molecule has 0 atom stereocenters. The first kappa shape index (κ1) is 21.4. The summed E-state index contributed by atoms with van der Waals surface area (Å²) in [4.78, 5) is 35.8. The van der Waals surface area contributed by atoms with Gasteiger partial charge in [-0.3, -0.25) is 9.59 Å². The van der Waals surface area contributed by atoms with Crippen LogP contribution in [0.15, 0.2) is 48.5 Å². The van der Waals surface area contributed by atoms with Crippen LogP contribution in [0.2, 0.25) is 0 Å². The normalized spacial score (nSPS) is 13.5. The van der Waals surface area contributed by atoms with Crippen molar-refractivity contribution in [2.75, 3.05) is 11.9 Å². The van der Waals surface area contributed by atoms with E-state index < -0.39 is 6.16 Å². The van der Waals surface area contributed by atoms with Gasteiger partial charge in [-0.1, -0.05) is 25.0 Å². The zero-order valence-electron chi connectivity index (χ0n) is 17.0. The zero-order chi connectivity index (χ0) is 21.3. The van der Waals surface area contributed by atoms with Gasteiger partial charge < -0.3 is 20.1 Å². The Hall–Kier alpha value is -3.35. The second-order valence-corrected chi connectivity index (χ2v) is 7.16. The van der Waals surface area contributed by atoms with Crippen molar-refractivity contribution in [1.82, 2.24) is 5.32 Å². The summed E-state index contributed by atoms with van der Waals surface area (Å²) in [6.07, 6.45) is 3.39. The lowest BCUT2D eigenvalue weighted by Gasteiger charge is -2.11. The minimum atomic E-state index is -0.780. The molecule has 0 spiro atoms. The van der Waals surface area contributed by atoms with Gasteiger partial charge in [-0.15, -0.1) is 0 Å². The molecule has 3 rings (SSSR count). The van der Waals surface area contributed by atoms with E-state index in [1.54, 1.807) is 19.1 Å². The van der Waals surface area contributed by atoms with E-state index in [1.165, 1.54) is 12.1 Å². The van der Waals surface area contributed by atoms with E-state index in [4.69, 9.17) is 9.47 Å². The largest absolute Gasteiger partial charge is 0.513 e. The number of benzene rings is 2. The van der Waals surface area contributed by atoms with Crippen LogP contribution in [-0.4, -0.2) is 24.6 Å². The lowest BCUT2D eigenvalue weighted by atomic mass is 10.1. The Kier molecular flexibility index (Phi) is 7.43. The molecule has 0 radical (unpaired) electrons. The van der Waals surface area contributed by atoms with E-state index in [2.05, 4.69) is 10.6 Å². The van der Waals surface area contributed by atoms with Crippen LogP contribution in [0.1, 0.15) is 48.5 Å². The summed E-state index contributed by atoms with van der Waals surface area (Å²) in [5.41, 5.74) is 2.13. The molecule has 1 aliphatic rings. The van der Waals surface area contributed by atoms with Gasteiger partial charge in [0.15, 0.2) is 0 Å². The monoisotopic (exact) mass is 410 g/mol. The van der Waals surface area contributed by atoms with Crippen LogP contribution in [0.25, 0.3) is 0 Å².